The summed E-state index contributed by atoms with van der Waals surface area (Å²) in [6.45, 7) is 3.17. The predicted molar refractivity (Wildman–Crippen MR) is 110 cm³/mol. The van der Waals surface area contributed by atoms with Gasteiger partial charge in [0.1, 0.15) is 0 Å². The van der Waals surface area contributed by atoms with Crippen LogP contribution in [0.2, 0.25) is 0 Å². The van der Waals surface area contributed by atoms with Gasteiger partial charge < -0.3 is 5.32 Å². The number of hydrogen-bond donors (Lipinski definition) is 1. The van der Waals surface area contributed by atoms with Gasteiger partial charge in [-0.25, -0.2) is 5.06 Å². The Morgan fingerprint density at radius 2 is 1.69 bits per heavy atom. The van der Waals surface area contributed by atoms with E-state index < -0.39 is 6.04 Å². The lowest BCUT2D eigenvalue weighted by Crippen LogP contribution is -2.57. The Morgan fingerprint density at radius 3 is 2.28 bits per heavy atom. The topological polar surface area (TPSA) is 61.9 Å². The minimum Gasteiger partial charge on any atom is -0.353 e. The Hall–Kier alpha value is -2.70. The van der Waals surface area contributed by atoms with Gasteiger partial charge in [-0.1, -0.05) is 60.7 Å². The highest BCUT2D eigenvalue weighted by Crippen LogP contribution is 2.27. The number of carbonyl (C=O) groups excluding carboxylic acids is 2. The molecule has 0 aromatic heterocycles. The molecule has 2 heterocycles. The molecule has 0 aliphatic carbocycles. The SMILES string of the molecule is O=C1NCCN(CC(c2ccccc2)c2ccccc2)C1CC(=O)N1CCCO1. The molecule has 2 aromatic rings. The monoisotopic (exact) mass is 393 g/mol. The summed E-state index contributed by atoms with van der Waals surface area (Å²) >= 11 is 0. The quantitative estimate of drug-likeness (QED) is 0.817. The molecule has 152 valence electrons. The summed E-state index contributed by atoms with van der Waals surface area (Å²) in [6, 6.07) is 20.2. The molecule has 2 aliphatic heterocycles. The molecular weight excluding hydrogens is 366 g/mol. The fourth-order valence-corrected chi connectivity index (χ4v) is 4.12. The molecule has 0 saturated carbocycles. The van der Waals surface area contributed by atoms with Crippen LogP contribution in [0.25, 0.3) is 0 Å². The van der Waals surface area contributed by atoms with E-state index in [1.165, 1.54) is 16.2 Å². The van der Waals surface area contributed by atoms with E-state index in [2.05, 4.69) is 34.5 Å². The standard InChI is InChI=1S/C23H27N3O3/c27-22(26-13-7-15-29-26)16-21-23(28)24-12-14-25(21)17-20(18-8-3-1-4-9-18)19-10-5-2-6-11-19/h1-6,8-11,20-21H,7,12-17H2,(H,24,28). The molecule has 2 fully saturated rings. The summed E-state index contributed by atoms with van der Waals surface area (Å²) in [4.78, 5) is 32.8. The summed E-state index contributed by atoms with van der Waals surface area (Å²) < 4.78 is 0. The van der Waals surface area contributed by atoms with Gasteiger partial charge in [-0.15, -0.1) is 0 Å². The van der Waals surface area contributed by atoms with Crippen molar-refractivity contribution in [3.05, 3.63) is 71.8 Å². The van der Waals surface area contributed by atoms with Crippen molar-refractivity contribution in [1.82, 2.24) is 15.3 Å². The highest BCUT2D eigenvalue weighted by Gasteiger charge is 2.35. The highest BCUT2D eigenvalue weighted by atomic mass is 16.7. The maximum atomic E-state index is 12.6. The van der Waals surface area contributed by atoms with Crippen molar-refractivity contribution in [2.75, 3.05) is 32.8 Å². The second-order valence-corrected chi connectivity index (χ2v) is 7.56. The second-order valence-electron chi connectivity index (χ2n) is 7.56. The van der Waals surface area contributed by atoms with Crippen molar-refractivity contribution >= 4 is 11.8 Å². The Labute approximate surface area is 171 Å². The van der Waals surface area contributed by atoms with E-state index in [1.807, 2.05) is 36.4 Å². The van der Waals surface area contributed by atoms with Gasteiger partial charge in [0.15, 0.2) is 0 Å². The summed E-state index contributed by atoms with van der Waals surface area (Å²) in [5.41, 5.74) is 2.41. The summed E-state index contributed by atoms with van der Waals surface area (Å²) in [5, 5.41) is 4.33. The Morgan fingerprint density at radius 1 is 1.03 bits per heavy atom. The molecule has 0 bridgehead atoms. The molecule has 6 heteroatoms. The van der Waals surface area contributed by atoms with Crippen LogP contribution in [0.5, 0.6) is 0 Å². The van der Waals surface area contributed by atoms with E-state index in [0.717, 1.165) is 13.0 Å². The summed E-state index contributed by atoms with van der Waals surface area (Å²) in [6.07, 6.45) is 0.985. The minimum atomic E-state index is -0.477. The minimum absolute atomic E-state index is 0.0799. The molecular formula is C23H27N3O3. The number of hydroxylamine groups is 2. The van der Waals surface area contributed by atoms with Crippen molar-refractivity contribution in [1.29, 1.82) is 0 Å². The zero-order valence-electron chi connectivity index (χ0n) is 16.5. The number of nitrogens with zero attached hydrogens (tertiary/aromatic N) is 2. The fourth-order valence-electron chi connectivity index (χ4n) is 4.12. The molecule has 29 heavy (non-hydrogen) atoms. The molecule has 2 aliphatic rings. The molecule has 2 saturated heterocycles. The van der Waals surface area contributed by atoms with Crippen LogP contribution in [-0.2, 0) is 14.4 Å². The largest absolute Gasteiger partial charge is 0.353 e. The second kappa shape index (κ2) is 9.20. The van der Waals surface area contributed by atoms with Crippen molar-refractivity contribution in [3.63, 3.8) is 0 Å². The normalized spacial score (nSPS) is 20.1. The number of carbonyl (C=O) groups is 2. The molecule has 6 nitrogen and oxygen atoms in total. The highest BCUT2D eigenvalue weighted by molar-refractivity contribution is 5.88. The number of benzene rings is 2. The smallest absolute Gasteiger partial charge is 0.248 e. The number of rotatable bonds is 6. The van der Waals surface area contributed by atoms with Crippen LogP contribution in [0, 0.1) is 0 Å². The summed E-state index contributed by atoms with van der Waals surface area (Å²) in [5.74, 6) is -0.0712. The number of nitrogens with one attached hydrogen (secondary N) is 1. The van der Waals surface area contributed by atoms with Gasteiger partial charge >= 0.3 is 0 Å². The average molecular weight is 393 g/mol. The molecule has 0 radical (unpaired) electrons. The maximum Gasteiger partial charge on any atom is 0.248 e. The lowest BCUT2D eigenvalue weighted by Gasteiger charge is -2.37. The third-order valence-electron chi connectivity index (χ3n) is 5.66. The Kier molecular flexibility index (Phi) is 6.22. The van der Waals surface area contributed by atoms with Crippen molar-refractivity contribution in [2.24, 2.45) is 0 Å². The average Bonchev–Trinajstić information content (AvgIpc) is 3.30. The van der Waals surface area contributed by atoms with Crippen molar-refractivity contribution in [3.8, 4) is 0 Å². The molecule has 1 N–H and O–H groups in total. The van der Waals surface area contributed by atoms with Crippen LogP contribution >= 0.6 is 0 Å². The molecule has 1 unspecified atom stereocenters. The molecule has 0 spiro atoms. The zero-order chi connectivity index (χ0) is 20.1. The molecule has 2 amide bonds. The van der Waals surface area contributed by atoms with Crippen LogP contribution in [-0.4, -0.2) is 60.6 Å². The lowest BCUT2D eigenvalue weighted by molar-refractivity contribution is -0.171. The van der Waals surface area contributed by atoms with Crippen LogP contribution in [0.4, 0.5) is 0 Å². The van der Waals surface area contributed by atoms with Crippen LogP contribution in [0.1, 0.15) is 29.9 Å². The molecule has 1 atom stereocenters. The third kappa shape index (κ3) is 4.66. The number of amides is 2. The predicted octanol–water partition coefficient (Wildman–Crippen LogP) is 2.17. The maximum absolute atomic E-state index is 12.6. The van der Waals surface area contributed by atoms with E-state index >= 15 is 0 Å². The molecule has 2 aromatic carbocycles. The number of hydrogen-bond acceptors (Lipinski definition) is 4. The first-order chi connectivity index (χ1) is 14.2. The fraction of sp³-hybridized carbons (Fsp3) is 0.391. The van der Waals surface area contributed by atoms with Gasteiger partial charge in [0.2, 0.25) is 11.8 Å². The van der Waals surface area contributed by atoms with E-state index in [-0.39, 0.29) is 24.2 Å². The Bertz CT molecular complexity index is 782. The first-order valence-electron chi connectivity index (χ1n) is 10.3. The van der Waals surface area contributed by atoms with Gasteiger partial charge in [0, 0.05) is 25.6 Å². The van der Waals surface area contributed by atoms with E-state index in [0.29, 0.717) is 26.2 Å². The Balaban J connectivity index is 1.55. The number of piperazine rings is 1. The van der Waals surface area contributed by atoms with Gasteiger partial charge in [0.25, 0.3) is 0 Å². The lowest BCUT2D eigenvalue weighted by atomic mass is 9.90. The van der Waals surface area contributed by atoms with Crippen LogP contribution < -0.4 is 5.32 Å². The van der Waals surface area contributed by atoms with Crippen molar-refractivity contribution < 1.29 is 14.4 Å². The molecule has 4 rings (SSSR count). The summed E-state index contributed by atoms with van der Waals surface area (Å²) in [7, 11) is 0. The van der Waals surface area contributed by atoms with Crippen LogP contribution in [0.15, 0.2) is 60.7 Å². The van der Waals surface area contributed by atoms with E-state index in [4.69, 9.17) is 4.84 Å². The third-order valence-corrected chi connectivity index (χ3v) is 5.66. The van der Waals surface area contributed by atoms with Gasteiger partial charge in [-0.2, -0.15) is 0 Å². The van der Waals surface area contributed by atoms with Crippen LogP contribution in [0.3, 0.4) is 0 Å². The van der Waals surface area contributed by atoms with E-state index in [1.54, 1.807) is 0 Å². The van der Waals surface area contributed by atoms with Gasteiger partial charge in [-0.3, -0.25) is 19.3 Å². The van der Waals surface area contributed by atoms with Crippen molar-refractivity contribution in [2.45, 2.75) is 24.8 Å². The first kappa shape index (κ1) is 19.6. The zero-order valence-corrected chi connectivity index (χ0v) is 16.5. The van der Waals surface area contributed by atoms with Gasteiger partial charge in [0.05, 0.1) is 25.6 Å². The van der Waals surface area contributed by atoms with E-state index in [9.17, 15) is 9.59 Å². The van der Waals surface area contributed by atoms with Gasteiger partial charge in [-0.05, 0) is 17.5 Å². The first-order valence-corrected chi connectivity index (χ1v) is 10.3.